The van der Waals surface area contributed by atoms with Gasteiger partial charge < -0.3 is 24.6 Å². The molecule has 0 unspecified atom stereocenters. The largest absolute Gasteiger partial charge is 0.442 e. The molecule has 0 saturated carbocycles. The number of nitrogens with one attached hydrogen (secondary N) is 1. The predicted molar refractivity (Wildman–Crippen MR) is 132 cm³/mol. The first-order valence-corrected chi connectivity index (χ1v) is 12.9. The van der Waals surface area contributed by atoms with Crippen LogP contribution in [0.25, 0.3) is 0 Å². The first-order valence-electron chi connectivity index (χ1n) is 12.9. The van der Waals surface area contributed by atoms with Crippen LogP contribution in [0.2, 0.25) is 0 Å². The number of nitrogens with zero attached hydrogens (tertiary/aromatic N) is 7. The highest BCUT2D eigenvalue weighted by Crippen LogP contribution is 2.34. The number of cyclic esters (lactones) is 1. The fourth-order valence-corrected chi connectivity index (χ4v) is 5.11. The molecule has 0 bridgehead atoms. The Hall–Kier alpha value is -3.88. The molecule has 13 nitrogen and oxygen atoms in total. The van der Waals surface area contributed by atoms with E-state index in [4.69, 9.17) is 9.47 Å². The number of amides is 3. The monoisotopic (exact) mass is 548 g/mol. The van der Waals surface area contributed by atoms with Crippen molar-refractivity contribution in [1.29, 1.82) is 0 Å². The quantitative estimate of drug-likeness (QED) is 0.529. The Balaban J connectivity index is 1.21. The summed E-state index contributed by atoms with van der Waals surface area (Å²) in [5.41, 5.74) is -0.124. The minimum atomic E-state index is -0.791. The van der Waals surface area contributed by atoms with Gasteiger partial charge in [-0.3, -0.25) is 14.5 Å². The maximum Gasteiger partial charge on any atom is 0.414 e. The summed E-state index contributed by atoms with van der Waals surface area (Å²) in [6.07, 6.45) is -0.238. The molecule has 4 heterocycles. The number of morpholine rings is 1. The van der Waals surface area contributed by atoms with Crippen LogP contribution >= 0.6 is 0 Å². The highest BCUT2D eigenvalue weighted by molar-refractivity contribution is 5.90. The molecule has 3 aliphatic heterocycles. The van der Waals surface area contributed by atoms with Gasteiger partial charge in [-0.15, -0.1) is 5.10 Å². The number of carbonyl (C=O) groups excluding carboxylic acids is 3. The molecule has 210 valence electrons. The molecule has 3 fully saturated rings. The van der Waals surface area contributed by atoms with Gasteiger partial charge >= 0.3 is 6.09 Å². The Morgan fingerprint density at radius 2 is 1.79 bits per heavy atom. The highest BCUT2D eigenvalue weighted by Gasteiger charge is 2.34. The van der Waals surface area contributed by atoms with E-state index >= 15 is 8.78 Å². The van der Waals surface area contributed by atoms with E-state index in [2.05, 4.69) is 20.8 Å². The molecule has 1 aromatic carbocycles. The second kappa shape index (κ2) is 11.5. The first-order chi connectivity index (χ1) is 18.8. The van der Waals surface area contributed by atoms with Crippen molar-refractivity contribution in [2.45, 2.75) is 38.3 Å². The van der Waals surface area contributed by atoms with Gasteiger partial charge in [0.1, 0.15) is 11.8 Å². The Morgan fingerprint density at radius 3 is 2.46 bits per heavy atom. The summed E-state index contributed by atoms with van der Waals surface area (Å²) in [5, 5.41) is 14.4. The van der Waals surface area contributed by atoms with E-state index in [0.717, 1.165) is 17.0 Å². The molecule has 3 amide bonds. The topological polar surface area (TPSA) is 135 Å². The number of carbonyl (C=O) groups is 3. The molecule has 1 N–H and O–H groups in total. The standard InChI is InChI=1S/C24H30F2N8O5/c1-15(35)27-13-18-14-33(24(37)39-18)17-10-19(25)23(20(26)11-17)32-4-2-16(3-5-32)34-21(28-29-30-34)12-22(36)31-6-8-38-9-7-31/h10-11,16,18H,2-9,12-14H2,1H3,(H,27,35)/t18-/m0/s1. The lowest BCUT2D eigenvalue weighted by Crippen LogP contribution is -2.42. The molecule has 0 spiro atoms. The zero-order valence-electron chi connectivity index (χ0n) is 21.5. The molecular formula is C24H30F2N8O5. The average molecular weight is 549 g/mol. The van der Waals surface area contributed by atoms with Crippen molar-refractivity contribution in [3.8, 4) is 0 Å². The van der Waals surface area contributed by atoms with Crippen LogP contribution in [0.1, 0.15) is 31.6 Å². The van der Waals surface area contributed by atoms with Gasteiger partial charge in [0.2, 0.25) is 11.8 Å². The van der Waals surface area contributed by atoms with E-state index in [1.165, 1.54) is 6.92 Å². The van der Waals surface area contributed by atoms with Crippen LogP contribution in [0.15, 0.2) is 12.1 Å². The number of ether oxygens (including phenoxy) is 2. The third-order valence-corrected chi connectivity index (χ3v) is 7.13. The summed E-state index contributed by atoms with van der Waals surface area (Å²) in [6, 6.07) is 2.11. The van der Waals surface area contributed by atoms with Crippen LogP contribution < -0.4 is 15.1 Å². The van der Waals surface area contributed by atoms with Crippen LogP contribution in [0.5, 0.6) is 0 Å². The van der Waals surface area contributed by atoms with E-state index in [1.54, 1.807) is 14.5 Å². The van der Waals surface area contributed by atoms with Gasteiger partial charge in [0.15, 0.2) is 17.5 Å². The van der Waals surface area contributed by atoms with Crippen molar-refractivity contribution in [3.05, 3.63) is 29.6 Å². The van der Waals surface area contributed by atoms with Gasteiger partial charge in [-0.25, -0.2) is 18.3 Å². The fraction of sp³-hybridized carbons (Fsp3) is 0.583. The zero-order chi connectivity index (χ0) is 27.5. The molecular weight excluding hydrogens is 518 g/mol. The van der Waals surface area contributed by atoms with Crippen molar-refractivity contribution in [2.75, 3.05) is 62.3 Å². The van der Waals surface area contributed by atoms with Crippen molar-refractivity contribution in [3.63, 3.8) is 0 Å². The number of hydrogen-bond donors (Lipinski definition) is 1. The van der Waals surface area contributed by atoms with Gasteiger partial charge in [0.25, 0.3) is 0 Å². The minimum Gasteiger partial charge on any atom is -0.442 e. The fourth-order valence-electron chi connectivity index (χ4n) is 5.11. The highest BCUT2D eigenvalue weighted by atomic mass is 19.1. The Bertz CT molecular complexity index is 1210. The summed E-state index contributed by atoms with van der Waals surface area (Å²) < 4.78 is 42.5. The molecule has 39 heavy (non-hydrogen) atoms. The number of anilines is 2. The van der Waals surface area contributed by atoms with Gasteiger partial charge in [-0.05, 0) is 23.3 Å². The lowest BCUT2D eigenvalue weighted by molar-refractivity contribution is -0.134. The second-order valence-electron chi connectivity index (χ2n) is 9.74. The van der Waals surface area contributed by atoms with E-state index < -0.39 is 23.8 Å². The molecule has 3 saturated heterocycles. The normalized spacial score (nSPS) is 20.3. The molecule has 0 radical (unpaired) electrons. The lowest BCUT2D eigenvalue weighted by atomic mass is 10.0. The molecule has 15 heteroatoms. The molecule has 1 aromatic heterocycles. The van der Waals surface area contributed by atoms with Crippen molar-refractivity contribution in [1.82, 2.24) is 30.4 Å². The first kappa shape index (κ1) is 26.7. The van der Waals surface area contributed by atoms with Crippen molar-refractivity contribution in [2.24, 2.45) is 0 Å². The molecule has 1 atom stereocenters. The van der Waals surface area contributed by atoms with E-state index in [9.17, 15) is 14.4 Å². The van der Waals surface area contributed by atoms with Gasteiger partial charge in [-0.1, -0.05) is 0 Å². The third kappa shape index (κ3) is 5.92. The summed E-state index contributed by atoms with van der Waals surface area (Å²) in [5.74, 6) is -1.46. The van der Waals surface area contributed by atoms with Gasteiger partial charge in [0, 0.05) is 45.2 Å². The van der Waals surface area contributed by atoms with E-state index in [-0.39, 0.29) is 48.7 Å². The Labute approximate surface area is 223 Å². The summed E-state index contributed by atoms with van der Waals surface area (Å²) in [7, 11) is 0. The molecule has 5 rings (SSSR count). The number of rotatable bonds is 7. The number of aromatic nitrogens is 4. The van der Waals surface area contributed by atoms with Gasteiger partial charge in [0.05, 0.1) is 44.5 Å². The number of halogens is 2. The van der Waals surface area contributed by atoms with E-state index in [1.807, 2.05) is 0 Å². The van der Waals surface area contributed by atoms with Crippen LogP contribution in [0, 0.1) is 11.6 Å². The van der Waals surface area contributed by atoms with Crippen LogP contribution in [-0.4, -0.2) is 102 Å². The Morgan fingerprint density at radius 1 is 1.10 bits per heavy atom. The second-order valence-corrected chi connectivity index (χ2v) is 9.74. The number of tetrazole rings is 1. The average Bonchev–Trinajstić information content (AvgIpc) is 3.54. The number of piperidine rings is 1. The van der Waals surface area contributed by atoms with Crippen molar-refractivity contribution < 1.29 is 32.6 Å². The predicted octanol–water partition coefficient (Wildman–Crippen LogP) is 0.655. The third-order valence-electron chi connectivity index (χ3n) is 7.13. The maximum atomic E-state index is 15.2. The summed E-state index contributed by atoms with van der Waals surface area (Å²) in [6.45, 7) is 4.28. The van der Waals surface area contributed by atoms with Crippen LogP contribution in [-0.2, 0) is 25.5 Å². The lowest BCUT2D eigenvalue weighted by Gasteiger charge is -2.34. The van der Waals surface area contributed by atoms with Crippen LogP contribution in [0.3, 0.4) is 0 Å². The Kier molecular flexibility index (Phi) is 7.86. The maximum absolute atomic E-state index is 15.2. The number of benzene rings is 1. The minimum absolute atomic E-state index is 0.0437. The van der Waals surface area contributed by atoms with Crippen LogP contribution in [0.4, 0.5) is 25.0 Å². The van der Waals surface area contributed by atoms with E-state index in [0.29, 0.717) is 58.1 Å². The smallest absolute Gasteiger partial charge is 0.414 e. The summed E-state index contributed by atoms with van der Waals surface area (Å²) in [4.78, 5) is 40.5. The van der Waals surface area contributed by atoms with Gasteiger partial charge in [-0.2, -0.15) is 0 Å². The molecule has 0 aliphatic carbocycles. The summed E-state index contributed by atoms with van der Waals surface area (Å²) >= 11 is 0. The SMILES string of the molecule is CC(=O)NC[C@H]1CN(c2cc(F)c(N3CCC(n4nnnc4CC(=O)N4CCOCC4)CC3)c(F)c2)C(=O)O1. The molecule has 2 aromatic rings. The zero-order valence-corrected chi connectivity index (χ0v) is 21.5. The number of hydrogen-bond acceptors (Lipinski definition) is 9. The molecule has 3 aliphatic rings. The van der Waals surface area contributed by atoms with Crippen molar-refractivity contribution >= 4 is 29.3 Å².